The number of ether oxygens (including phenoxy) is 1. The number of benzene rings is 2. The molecule has 0 unspecified atom stereocenters. The van der Waals surface area contributed by atoms with Crippen LogP contribution in [0.25, 0.3) is 10.9 Å². The van der Waals surface area contributed by atoms with Gasteiger partial charge in [-0.15, -0.1) is 0 Å². The number of hydrogen-bond donors (Lipinski definition) is 1. The maximum atomic E-state index is 15.6. The number of carbonyl (C=O) groups is 1. The molecule has 2 aliphatic rings. The number of aryl methyl sites for hydroxylation is 1. The van der Waals surface area contributed by atoms with E-state index in [-0.39, 0.29) is 35.0 Å². The molecule has 2 N–H and O–H groups in total. The molecule has 0 radical (unpaired) electrons. The lowest BCUT2D eigenvalue weighted by atomic mass is 10.1. The van der Waals surface area contributed by atoms with E-state index >= 15 is 4.39 Å². The van der Waals surface area contributed by atoms with Crippen LogP contribution in [0.3, 0.4) is 0 Å². The normalized spacial score (nSPS) is 15.3. The molecular formula is C36H43FN6O4. The molecule has 4 aromatic rings. The first-order valence-electron chi connectivity index (χ1n) is 16.7. The van der Waals surface area contributed by atoms with Crippen LogP contribution in [0.4, 0.5) is 15.9 Å². The van der Waals surface area contributed by atoms with Crippen molar-refractivity contribution in [3.8, 4) is 0 Å². The van der Waals surface area contributed by atoms with Gasteiger partial charge in [-0.05, 0) is 56.8 Å². The average molecular weight is 643 g/mol. The Morgan fingerprint density at radius 1 is 0.957 bits per heavy atom. The summed E-state index contributed by atoms with van der Waals surface area (Å²) >= 11 is 0. The number of hydrogen-bond acceptors (Lipinski definition) is 8. The number of anilines is 2. The molecule has 0 atom stereocenters. The van der Waals surface area contributed by atoms with Gasteiger partial charge in [0.05, 0.1) is 11.2 Å². The summed E-state index contributed by atoms with van der Waals surface area (Å²) in [6.07, 6.45) is 8.79. The number of halogens is 1. The second-order valence-corrected chi connectivity index (χ2v) is 12.7. The zero-order chi connectivity index (χ0) is 32.9. The van der Waals surface area contributed by atoms with Gasteiger partial charge in [0.25, 0.3) is 5.56 Å². The van der Waals surface area contributed by atoms with Crippen molar-refractivity contribution in [2.45, 2.75) is 71.1 Å². The van der Waals surface area contributed by atoms with Crippen LogP contribution in [-0.4, -0.2) is 57.7 Å². The number of nitrogens with zero attached hydrogens (tertiary/aromatic N) is 5. The van der Waals surface area contributed by atoms with E-state index in [2.05, 4.69) is 14.8 Å². The third-order valence-corrected chi connectivity index (χ3v) is 9.26. The van der Waals surface area contributed by atoms with Crippen LogP contribution in [0, 0.1) is 12.7 Å². The Morgan fingerprint density at radius 3 is 2.36 bits per heavy atom. The van der Waals surface area contributed by atoms with Gasteiger partial charge < -0.3 is 19.9 Å². The van der Waals surface area contributed by atoms with E-state index in [9.17, 15) is 14.4 Å². The first kappa shape index (κ1) is 32.4. The van der Waals surface area contributed by atoms with Crippen molar-refractivity contribution >= 4 is 28.4 Å². The minimum atomic E-state index is -0.696. The van der Waals surface area contributed by atoms with Crippen molar-refractivity contribution < 1.29 is 13.9 Å². The highest BCUT2D eigenvalue weighted by Crippen LogP contribution is 2.38. The first-order chi connectivity index (χ1) is 22.8. The van der Waals surface area contributed by atoms with Crippen molar-refractivity contribution in [3.05, 3.63) is 98.1 Å². The van der Waals surface area contributed by atoms with Gasteiger partial charge in [-0.2, -0.15) is 0 Å². The highest BCUT2D eigenvalue weighted by molar-refractivity contribution is 5.94. The molecule has 2 fully saturated rings. The summed E-state index contributed by atoms with van der Waals surface area (Å²) in [6.45, 7) is 6.60. The number of pyridine rings is 1. The Kier molecular flexibility index (Phi) is 10.0. The summed E-state index contributed by atoms with van der Waals surface area (Å²) in [6, 6.07) is 13.9. The summed E-state index contributed by atoms with van der Waals surface area (Å²) in [5.41, 5.74) is 6.96. The Balaban J connectivity index is 1.02. The van der Waals surface area contributed by atoms with E-state index in [1.165, 1.54) is 12.1 Å². The van der Waals surface area contributed by atoms with Crippen molar-refractivity contribution in [2.24, 2.45) is 0 Å². The molecule has 1 saturated heterocycles. The summed E-state index contributed by atoms with van der Waals surface area (Å²) in [5, 5.41) is 0.207. The van der Waals surface area contributed by atoms with Crippen molar-refractivity contribution in [1.29, 1.82) is 0 Å². The second-order valence-electron chi connectivity index (χ2n) is 12.7. The standard InChI is InChI=1S/C36H43FN6O4/c1-25-39-33(38)22-34(44)42(25)15-9-4-2-3-8-14-40-16-18-41(19-17-40)32-21-31-28(20-30(32)37)35(45)29(23-43(31)27-12-13-27)36(46)47-24-26-10-6-5-7-11-26/h5-7,10-11,20-23,27H,2-4,8-9,12-19,24,38H2,1H3. The quantitative estimate of drug-likeness (QED) is 0.159. The summed E-state index contributed by atoms with van der Waals surface area (Å²) in [4.78, 5) is 47.2. The highest BCUT2D eigenvalue weighted by Gasteiger charge is 2.29. The second kappa shape index (κ2) is 14.5. The Bertz CT molecular complexity index is 1840. The van der Waals surface area contributed by atoms with Gasteiger partial charge >= 0.3 is 5.97 Å². The van der Waals surface area contributed by atoms with Crippen LogP contribution in [-0.2, 0) is 17.9 Å². The summed E-state index contributed by atoms with van der Waals surface area (Å²) < 4.78 is 24.7. The van der Waals surface area contributed by atoms with Gasteiger partial charge in [-0.1, -0.05) is 49.6 Å². The first-order valence-corrected chi connectivity index (χ1v) is 16.7. The molecule has 0 amide bonds. The third kappa shape index (κ3) is 7.73. The van der Waals surface area contributed by atoms with Gasteiger partial charge in [-0.3, -0.25) is 19.1 Å². The monoisotopic (exact) mass is 642 g/mol. The number of unbranched alkanes of at least 4 members (excludes halogenated alkanes) is 4. The minimum Gasteiger partial charge on any atom is -0.457 e. The van der Waals surface area contributed by atoms with E-state index < -0.39 is 17.2 Å². The van der Waals surface area contributed by atoms with Crippen molar-refractivity contribution in [2.75, 3.05) is 43.4 Å². The van der Waals surface area contributed by atoms with E-state index in [1.807, 2.05) is 41.8 Å². The van der Waals surface area contributed by atoms with Gasteiger partial charge in [0, 0.05) is 56.4 Å². The molecule has 2 aromatic heterocycles. The topological polar surface area (TPSA) is 116 Å². The minimum absolute atomic E-state index is 0.0620. The Labute approximate surface area is 273 Å². The van der Waals surface area contributed by atoms with E-state index in [4.69, 9.17) is 10.5 Å². The van der Waals surface area contributed by atoms with Crippen LogP contribution in [0.2, 0.25) is 0 Å². The molecular weight excluding hydrogens is 599 g/mol. The van der Waals surface area contributed by atoms with Gasteiger partial charge in [0.15, 0.2) is 0 Å². The van der Waals surface area contributed by atoms with Gasteiger partial charge in [-0.25, -0.2) is 14.2 Å². The van der Waals surface area contributed by atoms with E-state index in [0.29, 0.717) is 36.7 Å². The number of carbonyl (C=O) groups excluding carboxylic acids is 1. The lowest BCUT2D eigenvalue weighted by molar-refractivity contribution is 0.0470. The molecule has 1 aliphatic heterocycles. The number of rotatable bonds is 13. The maximum Gasteiger partial charge on any atom is 0.343 e. The molecule has 11 heteroatoms. The molecule has 6 rings (SSSR count). The SMILES string of the molecule is Cc1nc(N)cc(=O)n1CCCCCCCN1CCN(c2cc3c(cc2F)c(=O)c(C(=O)OCc2ccccc2)cn3C2CC2)CC1. The molecule has 0 bridgehead atoms. The predicted octanol–water partition coefficient (Wildman–Crippen LogP) is 5.05. The molecule has 47 heavy (non-hydrogen) atoms. The number of aromatic nitrogens is 3. The number of esters is 1. The highest BCUT2D eigenvalue weighted by atomic mass is 19.1. The molecule has 1 aliphatic carbocycles. The number of nitrogen functional groups attached to an aromatic ring is 1. The third-order valence-electron chi connectivity index (χ3n) is 9.26. The number of piperazine rings is 1. The lowest BCUT2D eigenvalue weighted by Gasteiger charge is -2.36. The van der Waals surface area contributed by atoms with Crippen molar-refractivity contribution in [3.63, 3.8) is 0 Å². The van der Waals surface area contributed by atoms with Crippen molar-refractivity contribution in [1.82, 2.24) is 19.0 Å². The van der Waals surface area contributed by atoms with Crippen LogP contribution in [0.5, 0.6) is 0 Å². The zero-order valence-corrected chi connectivity index (χ0v) is 27.0. The Morgan fingerprint density at radius 2 is 1.66 bits per heavy atom. The van der Waals surface area contributed by atoms with Crippen LogP contribution >= 0.6 is 0 Å². The summed E-state index contributed by atoms with van der Waals surface area (Å²) in [7, 11) is 0. The number of fused-ring (bicyclic) bond motifs is 1. The molecule has 0 spiro atoms. The van der Waals surface area contributed by atoms with E-state index in [1.54, 1.807) is 16.8 Å². The molecule has 248 valence electrons. The van der Waals surface area contributed by atoms with Gasteiger partial charge in [0.1, 0.15) is 29.6 Å². The van der Waals surface area contributed by atoms with Crippen LogP contribution < -0.4 is 21.6 Å². The largest absolute Gasteiger partial charge is 0.457 e. The lowest BCUT2D eigenvalue weighted by Crippen LogP contribution is -2.47. The maximum absolute atomic E-state index is 15.6. The average Bonchev–Trinajstić information content (AvgIpc) is 3.91. The fourth-order valence-electron chi connectivity index (χ4n) is 6.47. The molecule has 2 aromatic carbocycles. The fraction of sp³-hybridized carbons (Fsp3) is 0.444. The van der Waals surface area contributed by atoms with Crippen LogP contribution in [0.15, 0.2) is 64.3 Å². The smallest absolute Gasteiger partial charge is 0.343 e. The molecule has 10 nitrogen and oxygen atoms in total. The molecule has 1 saturated carbocycles. The fourth-order valence-corrected chi connectivity index (χ4v) is 6.47. The summed E-state index contributed by atoms with van der Waals surface area (Å²) in [5.74, 6) is -0.229. The number of nitrogens with two attached hydrogens (primary N) is 1. The zero-order valence-electron chi connectivity index (χ0n) is 27.0. The molecule has 3 heterocycles. The van der Waals surface area contributed by atoms with Crippen LogP contribution in [0.1, 0.15) is 72.7 Å². The van der Waals surface area contributed by atoms with Gasteiger partial charge in [0.2, 0.25) is 5.43 Å². The Hall–Kier alpha value is -4.51. The predicted molar refractivity (Wildman–Crippen MR) is 181 cm³/mol. The van der Waals surface area contributed by atoms with E-state index in [0.717, 1.165) is 70.1 Å².